The molecule has 0 bridgehead atoms. The molecule has 0 aliphatic carbocycles. The number of imidazole rings is 1. The van der Waals surface area contributed by atoms with E-state index in [0.29, 0.717) is 28.0 Å². The number of hydrogen-bond donors (Lipinski definition) is 3. The van der Waals surface area contributed by atoms with Gasteiger partial charge in [0.15, 0.2) is 5.65 Å². The van der Waals surface area contributed by atoms with Crippen molar-refractivity contribution in [2.75, 3.05) is 11.5 Å². The number of pyridine rings is 1. The Morgan fingerprint density at radius 1 is 1.06 bits per heavy atom. The standard InChI is InChI=1S/C12H10ClN5/c13-7-3-1-2-6(10(7)15)11-16-8-4-5-9(14)17-12(8)18-11/h1-5H,15H2,(H3,14,16,17,18). The summed E-state index contributed by atoms with van der Waals surface area (Å²) in [6, 6.07) is 8.95. The summed E-state index contributed by atoms with van der Waals surface area (Å²) in [6.07, 6.45) is 0. The molecule has 18 heavy (non-hydrogen) atoms. The minimum absolute atomic E-state index is 0.430. The van der Waals surface area contributed by atoms with E-state index in [1.165, 1.54) is 0 Å². The maximum Gasteiger partial charge on any atom is 0.180 e. The van der Waals surface area contributed by atoms with Crippen LogP contribution in [0, 0.1) is 0 Å². The predicted octanol–water partition coefficient (Wildman–Crippen LogP) is 2.44. The number of nitrogen functional groups attached to an aromatic ring is 2. The molecular weight excluding hydrogens is 250 g/mol. The summed E-state index contributed by atoms with van der Waals surface area (Å²) < 4.78 is 0. The van der Waals surface area contributed by atoms with Gasteiger partial charge in [-0.05, 0) is 24.3 Å². The fraction of sp³-hybridized carbons (Fsp3) is 0. The van der Waals surface area contributed by atoms with Crippen molar-refractivity contribution in [3.8, 4) is 11.4 Å². The van der Waals surface area contributed by atoms with E-state index >= 15 is 0 Å². The van der Waals surface area contributed by atoms with Crippen LogP contribution in [0.1, 0.15) is 0 Å². The van der Waals surface area contributed by atoms with Gasteiger partial charge >= 0.3 is 0 Å². The zero-order valence-electron chi connectivity index (χ0n) is 9.31. The highest BCUT2D eigenvalue weighted by molar-refractivity contribution is 6.33. The van der Waals surface area contributed by atoms with Crippen molar-refractivity contribution in [2.24, 2.45) is 0 Å². The second-order valence-corrected chi connectivity index (χ2v) is 4.30. The highest BCUT2D eigenvalue weighted by Gasteiger charge is 2.10. The van der Waals surface area contributed by atoms with E-state index in [-0.39, 0.29) is 0 Å². The number of fused-ring (bicyclic) bond motifs is 1. The van der Waals surface area contributed by atoms with Gasteiger partial charge in [-0.15, -0.1) is 0 Å². The van der Waals surface area contributed by atoms with Crippen molar-refractivity contribution in [3.63, 3.8) is 0 Å². The summed E-state index contributed by atoms with van der Waals surface area (Å²) in [4.78, 5) is 11.6. The van der Waals surface area contributed by atoms with E-state index in [2.05, 4.69) is 15.0 Å². The molecule has 0 unspecified atom stereocenters. The number of nitrogens with two attached hydrogens (primary N) is 2. The molecule has 0 radical (unpaired) electrons. The summed E-state index contributed by atoms with van der Waals surface area (Å²) in [5.41, 5.74) is 14.1. The lowest BCUT2D eigenvalue weighted by atomic mass is 10.2. The van der Waals surface area contributed by atoms with Crippen molar-refractivity contribution in [2.45, 2.75) is 0 Å². The Labute approximate surface area is 108 Å². The zero-order chi connectivity index (χ0) is 12.7. The molecule has 0 amide bonds. The van der Waals surface area contributed by atoms with E-state index < -0.39 is 0 Å². The van der Waals surface area contributed by atoms with E-state index in [9.17, 15) is 0 Å². The smallest absolute Gasteiger partial charge is 0.180 e. The molecule has 0 aliphatic rings. The van der Waals surface area contributed by atoms with Gasteiger partial charge in [0.25, 0.3) is 0 Å². The number of anilines is 2. The number of aromatic nitrogens is 3. The number of hydrogen-bond acceptors (Lipinski definition) is 4. The second kappa shape index (κ2) is 3.89. The molecular formula is C12H10ClN5. The van der Waals surface area contributed by atoms with Gasteiger partial charge in [0, 0.05) is 5.56 Å². The van der Waals surface area contributed by atoms with Crippen molar-refractivity contribution < 1.29 is 0 Å². The maximum absolute atomic E-state index is 5.99. The SMILES string of the molecule is Nc1ccc2[nH]c(-c3cccc(Cl)c3N)nc2n1. The lowest BCUT2D eigenvalue weighted by Gasteiger charge is -2.03. The third kappa shape index (κ3) is 1.65. The molecule has 5 nitrogen and oxygen atoms in total. The van der Waals surface area contributed by atoms with E-state index in [1.807, 2.05) is 18.2 Å². The fourth-order valence-electron chi connectivity index (χ4n) is 1.78. The number of para-hydroxylation sites is 1. The normalized spacial score (nSPS) is 10.9. The molecule has 6 heteroatoms. The number of benzene rings is 1. The Morgan fingerprint density at radius 3 is 2.72 bits per heavy atom. The van der Waals surface area contributed by atoms with Gasteiger partial charge in [-0.3, -0.25) is 0 Å². The van der Waals surface area contributed by atoms with Gasteiger partial charge in [0.1, 0.15) is 11.6 Å². The molecule has 2 heterocycles. The van der Waals surface area contributed by atoms with Crippen molar-refractivity contribution >= 4 is 34.3 Å². The van der Waals surface area contributed by atoms with Gasteiger partial charge in [0.2, 0.25) is 0 Å². The van der Waals surface area contributed by atoms with E-state index in [0.717, 1.165) is 11.1 Å². The van der Waals surface area contributed by atoms with E-state index in [1.54, 1.807) is 12.1 Å². The number of H-pyrrole nitrogens is 1. The molecule has 0 spiro atoms. The molecule has 0 atom stereocenters. The van der Waals surface area contributed by atoms with Crippen molar-refractivity contribution in [3.05, 3.63) is 35.4 Å². The Hall–Kier alpha value is -2.27. The Balaban J connectivity index is 2.22. The number of halogens is 1. The molecule has 0 saturated carbocycles. The first-order valence-electron chi connectivity index (χ1n) is 5.32. The van der Waals surface area contributed by atoms with Gasteiger partial charge in [-0.1, -0.05) is 17.7 Å². The summed E-state index contributed by atoms with van der Waals surface area (Å²) >= 11 is 5.99. The van der Waals surface area contributed by atoms with Crippen molar-refractivity contribution in [1.82, 2.24) is 15.0 Å². The third-order valence-corrected chi connectivity index (χ3v) is 3.01. The minimum Gasteiger partial charge on any atom is -0.397 e. The summed E-state index contributed by atoms with van der Waals surface area (Å²) in [6.45, 7) is 0. The van der Waals surface area contributed by atoms with Crippen LogP contribution in [0.25, 0.3) is 22.6 Å². The van der Waals surface area contributed by atoms with Crippen LogP contribution in [0.4, 0.5) is 11.5 Å². The summed E-state index contributed by atoms with van der Waals surface area (Å²) in [5.74, 6) is 1.06. The topological polar surface area (TPSA) is 93.6 Å². The quantitative estimate of drug-likeness (QED) is 0.585. The van der Waals surface area contributed by atoms with Gasteiger partial charge in [-0.2, -0.15) is 0 Å². The largest absolute Gasteiger partial charge is 0.397 e. The van der Waals surface area contributed by atoms with Crippen LogP contribution >= 0.6 is 11.6 Å². The second-order valence-electron chi connectivity index (χ2n) is 3.89. The maximum atomic E-state index is 5.99. The van der Waals surface area contributed by atoms with Crippen molar-refractivity contribution in [1.29, 1.82) is 0 Å². The van der Waals surface area contributed by atoms with Gasteiger partial charge in [-0.25, -0.2) is 9.97 Å². The lowest BCUT2D eigenvalue weighted by molar-refractivity contribution is 1.30. The average molecular weight is 260 g/mol. The lowest BCUT2D eigenvalue weighted by Crippen LogP contribution is -1.92. The summed E-state index contributed by atoms with van der Waals surface area (Å²) in [7, 11) is 0. The minimum atomic E-state index is 0.430. The zero-order valence-corrected chi connectivity index (χ0v) is 10.1. The molecule has 2 aromatic heterocycles. The number of nitrogens with zero attached hydrogens (tertiary/aromatic N) is 2. The van der Waals surface area contributed by atoms with Gasteiger partial charge in [0.05, 0.1) is 16.2 Å². The molecule has 0 aliphatic heterocycles. The fourth-order valence-corrected chi connectivity index (χ4v) is 1.95. The monoisotopic (exact) mass is 259 g/mol. The van der Waals surface area contributed by atoms with E-state index in [4.69, 9.17) is 23.1 Å². The molecule has 0 fully saturated rings. The van der Waals surface area contributed by atoms with Crippen LogP contribution in [0.2, 0.25) is 5.02 Å². The number of rotatable bonds is 1. The number of aromatic amines is 1. The highest BCUT2D eigenvalue weighted by Crippen LogP contribution is 2.30. The Kier molecular flexibility index (Phi) is 2.34. The molecule has 3 rings (SSSR count). The predicted molar refractivity (Wildman–Crippen MR) is 73.2 cm³/mol. The molecule has 5 N–H and O–H groups in total. The summed E-state index contributed by atoms with van der Waals surface area (Å²) in [5, 5.41) is 0.500. The van der Waals surface area contributed by atoms with Crippen LogP contribution in [-0.4, -0.2) is 15.0 Å². The van der Waals surface area contributed by atoms with Crippen LogP contribution in [0.15, 0.2) is 30.3 Å². The Bertz CT molecular complexity index is 734. The molecule has 0 saturated heterocycles. The van der Waals surface area contributed by atoms with Crippen LogP contribution in [-0.2, 0) is 0 Å². The molecule has 1 aromatic carbocycles. The van der Waals surface area contributed by atoms with Crippen LogP contribution in [0.3, 0.4) is 0 Å². The first-order chi connectivity index (χ1) is 8.65. The number of nitrogens with one attached hydrogen (secondary N) is 1. The van der Waals surface area contributed by atoms with Crippen LogP contribution in [0.5, 0.6) is 0 Å². The average Bonchev–Trinajstić information content (AvgIpc) is 2.75. The van der Waals surface area contributed by atoms with Crippen LogP contribution < -0.4 is 11.5 Å². The molecule has 3 aromatic rings. The first-order valence-corrected chi connectivity index (χ1v) is 5.69. The molecule has 90 valence electrons. The van der Waals surface area contributed by atoms with Gasteiger partial charge < -0.3 is 16.5 Å². The third-order valence-electron chi connectivity index (χ3n) is 2.68. The first kappa shape index (κ1) is 10.9. The Morgan fingerprint density at radius 2 is 1.89 bits per heavy atom. The highest BCUT2D eigenvalue weighted by atomic mass is 35.5.